The van der Waals surface area contributed by atoms with Crippen LogP contribution in [-0.2, 0) is 16.4 Å². The summed E-state index contributed by atoms with van der Waals surface area (Å²) in [5.74, 6) is 1.55. The number of piperidine rings is 3. The van der Waals surface area contributed by atoms with Gasteiger partial charge >= 0.3 is 0 Å². The van der Waals surface area contributed by atoms with E-state index in [0.717, 1.165) is 18.7 Å². The molecular formula is C29H34N2O3S. The number of sulfone groups is 1. The number of hydrogen-bond acceptors (Lipinski definition) is 5. The van der Waals surface area contributed by atoms with Gasteiger partial charge in [0.2, 0.25) is 0 Å². The van der Waals surface area contributed by atoms with Crippen molar-refractivity contribution in [2.24, 2.45) is 5.92 Å². The Hall–Kier alpha value is -2.67. The second-order valence-corrected chi connectivity index (χ2v) is 11.8. The van der Waals surface area contributed by atoms with E-state index in [0.29, 0.717) is 29.1 Å². The molecule has 0 spiro atoms. The molecule has 6 rings (SSSR count). The van der Waals surface area contributed by atoms with E-state index in [-0.39, 0.29) is 12.0 Å². The van der Waals surface area contributed by atoms with Crippen LogP contribution in [0, 0.1) is 5.92 Å². The van der Waals surface area contributed by atoms with Crippen molar-refractivity contribution >= 4 is 9.84 Å². The van der Waals surface area contributed by atoms with Gasteiger partial charge in [0.05, 0.1) is 12.0 Å². The Morgan fingerprint density at radius 2 is 1.54 bits per heavy atom. The van der Waals surface area contributed by atoms with Crippen LogP contribution in [-0.4, -0.2) is 51.9 Å². The van der Waals surface area contributed by atoms with Crippen molar-refractivity contribution in [3.63, 3.8) is 0 Å². The van der Waals surface area contributed by atoms with Gasteiger partial charge < -0.3 is 10.1 Å². The number of nitrogens with one attached hydrogen (secondary N) is 1. The summed E-state index contributed by atoms with van der Waals surface area (Å²) >= 11 is 0. The fourth-order valence-corrected chi connectivity index (χ4v) is 6.72. The Kier molecular flexibility index (Phi) is 6.96. The molecule has 3 fully saturated rings. The van der Waals surface area contributed by atoms with Crippen molar-refractivity contribution in [1.29, 1.82) is 0 Å². The lowest BCUT2D eigenvalue weighted by molar-refractivity contribution is 0.00461. The highest BCUT2D eigenvalue weighted by Gasteiger charge is 2.46. The highest BCUT2D eigenvalue weighted by Crippen LogP contribution is 2.42. The molecule has 35 heavy (non-hydrogen) atoms. The van der Waals surface area contributed by atoms with Crippen molar-refractivity contribution in [2.75, 3.05) is 26.5 Å². The zero-order valence-corrected chi connectivity index (χ0v) is 21.2. The van der Waals surface area contributed by atoms with Crippen LogP contribution in [0.2, 0.25) is 0 Å². The maximum Gasteiger partial charge on any atom is 0.175 e. The summed E-state index contributed by atoms with van der Waals surface area (Å²) in [5, 5.41) is 3.88. The molecule has 0 amide bonds. The van der Waals surface area contributed by atoms with E-state index in [1.165, 1.54) is 30.2 Å². The molecule has 3 heterocycles. The molecule has 3 aliphatic rings. The summed E-state index contributed by atoms with van der Waals surface area (Å²) in [4.78, 5) is 2.99. The molecule has 3 saturated heterocycles. The normalized spacial score (nSPS) is 24.0. The summed E-state index contributed by atoms with van der Waals surface area (Å²) in [6, 6.07) is 27.4. The van der Waals surface area contributed by atoms with Gasteiger partial charge in [-0.25, -0.2) is 8.42 Å². The molecule has 3 aromatic carbocycles. The Labute approximate surface area is 209 Å². The first-order valence-electron chi connectivity index (χ1n) is 12.4. The summed E-state index contributed by atoms with van der Waals surface area (Å²) in [5.41, 5.74) is 3.54. The van der Waals surface area contributed by atoms with E-state index in [9.17, 15) is 8.42 Å². The molecular weight excluding hydrogens is 456 g/mol. The van der Waals surface area contributed by atoms with Crippen molar-refractivity contribution in [3.8, 4) is 5.75 Å². The maximum atomic E-state index is 12.2. The van der Waals surface area contributed by atoms with Crippen molar-refractivity contribution in [3.05, 3.63) is 95.6 Å². The molecule has 6 heteroatoms. The van der Waals surface area contributed by atoms with E-state index in [4.69, 9.17) is 4.74 Å². The first kappa shape index (κ1) is 24.0. The first-order valence-corrected chi connectivity index (χ1v) is 14.3. The Morgan fingerprint density at radius 1 is 0.943 bits per heavy atom. The molecule has 2 atom stereocenters. The molecule has 2 bridgehead atoms. The molecule has 184 valence electrons. The lowest BCUT2D eigenvalue weighted by Gasteiger charge is -2.54. The number of rotatable bonds is 8. The van der Waals surface area contributed by atoms with E-state index in [1.54, 1.807) is 25.3 Å². The zero-order chi connectivity index (χ0) is 24.4. The molecule has 3 aromatic rings. The van der Waals surface area contributed by atoms with Gasteiger partial charge in [-0.1, -0.05) is 60.7 Å². The largest absolute Gasteiger partial charge is 0.496 e. The molecule has 0 radical (unpaired) electrons. The third-order valence-electron chi connectivity index (χ3n) is 7.74. The second kappa shape index (κ2) is 10.1. The summed E-state index contributed by atoms with van der Waals surface area (Å²) in [7, 11) is -1.65. The number of nitrogens with zero attached hydrogens (tertiary/aromatic N) is 1. The van der Waals surface area contributed by atoms with Gasteiger partial charge in [-0.2, -0.15) is 0 Å². The number of ether oxygens (including phenoxy) is 1. The summed E-state index contributed by atoms with van der Waals surface area (Å²) in [6.45, 7) is 2.81. The Balaban J connectivity index is 1.50. The summed E-state index contributed by atoms with van der Waals surface area (Å²) in [6.07, 6.45) is 3.62. The van der Waals surface area contributed by atoms with Crippen LogP contribution >= 0.6 is 0 Å². The van der Waals surface area contributed by atoms with Gasteiger partial charge in [0, 0.05) is 36.4 Å². The highest BCUT2D eigenvalue weighted by atomic mass is 32.2. The Morgan fingerprint density at radius 3 is 2.09 bits per heavy atom. The Bertz CT molecular complexity index is 1200. The van der Waals surface area contributed by atoms with Crippen molar-refractivity contribution < 1.29 is 13.2 Å². The lowest BCUT2D eigenvalue weighted by atomic mass is 9.70. The van der Waals surface area contributed by atoms with E-state index >= 15 is 0 Å². The fourth-order valence-electron chi connectivity index (χ4n) is 6.05. The number of methoxy groups -OCH3 is 1. The molecule has 5 nitrogen and oxygen atoms in total. The molecule has 0 aliphatic carbocycles. The monoisotopic (exact) mass is 490 g/mol. The minimum absolute atomic E-state index is 0.252. The molecule has 0 saturated carbocycles. The minimum Gasteiger partial charge on any atom is -0.496 e. The van der Waals surface area contributed by atoms with Crippen LogP contribution in [0.15, 0.2) is 83.8 Å². The van der Waals surface area contributed by atoms with Crippen LogP contribution in [0.5, 0.6) is 5.75 Å². The quantitative estimate of drug-likeness (QED) is 0.505. The predicted molar refractivity (Wildman–Crippen MR) is 140 cm³/mol. The van der Waals surface area contributed by atoms with Gasteiger partial charge in [-0.05, 0) is 61.2 Å². The van der Waals surface area contributed by atoms with Crippen LogP contribution < -0.4 is 10.1 Å². The predicted octanol–water partition coefficient (Wildman–Crippen LogP) is 4.48. The second-order valence-electron chi connectivity index (χ2n) is 9.82. The van der Waals surface area contributed by atoms with E-state index in [2.05, 4.69) is 70.9 Å². The topological polar surface area (TPSA) is 58.6 Å². The fraction of sp³-hybridized carbons (Fsp3) is 0.379. The number of hydrogen-bond donors (Lipinski definition) is 1. The summed E-state index contributed by atoms with van der Waals surface area (Å²) < 4.78 is 29.9. The number of benzene rings is 3. The lowest BCUT2D eigenvalue weighted by Crippen LogP contribution is -2.64. The standard InChI is InChI=1S/C29H34N2O3S/c1-34-26-14-13-25(35(2,32)33)19-24(26)20-30-28-23-15-17-31(18-16-23)29(28)27(21-9-5-3-6-10-21)22-11-7-4-8-12-22/h3-14,19,23,27-30H,15-18,20H2,1-2H3/t28-,29-/m0/s1. The van der Waals surface area contributed by atoms with Gasteiger partial charge in [-0.15, -0.1) is 0 Å². The highest BCUT2D eigenvalue weighted by molar-refractivity contribution is 7.90. The average molecular weight is 491 g/mol. The average Bonchev–Trinajstić information content (AvgIpc) is 2.89. The van der Waals surface area contributed by atoms with Gasteiger partial charge in [-0.3, -0.25) is 4.90 Å². The van der Waals surface area contributed by atoms with Crippen LogP contribution in [0.25, 0.3) is 0 Å². The third-order valence-corrected chi connectivity index (χ3v) is 8.85. The third kappa shape index (κ3) is 5.01. The number of fused-ring (bicyclic) bond motifs is 3. The SMILES string of the molecule is COc1ccc(S(C)(=O)=O)cc1CN[C@H]1C2CCN(CC2)[C@H]1C(c1ccccc1)c1ccccc1. The molecule has 1 N–H and O–H groups in total. The van der Waals surface area contributed by atoms with Gasteiger partial charge in [0.25, 0.3) is 0 Å². The minimum atomic E-state index is -3.29. The van der Waals surface area contributed by atoms with Crippen molar-refractivity contribution in [2.45, 2.75) is 42.3 Å². The van der Waals surface area contributed by atoms with Crippen molar-refractivity contribution in [1.82, 2.24) is 10.2 Å². The van der Waals surface area contributed by atoms with Gasteiger partial charge in [0.1, 0.15) is 5.75 Å². The van der Waals surface area contributed by atoms with Crippen LogP contribution in [0.1, 0.15) is 35.4 Å². The van der Waals surface area contributed by atoms with E-state index in [1.807, 2.05) is 0 Å². The smallest absolute Gasteiger partial charge is 0.175 e. The zero-order valence-electron chi connectivity index (χ0n) is 20.4. The molecule has 0 unspecified atom stereocenters. The molecule has 3 aliphatic heterocycles. The maximum absolute atomic E-state index is 12.2. The molecule has 0 aromatic heterocycles. The van der Waals surface area contributed by atoms with Crippen LogP contribution in [0.3, 0.4) is 0 Å². The van der Waals surface area contributed by atoms with E-state index < -0.39 is 9.84 Å². The van der Waals surface area contributed by atoms with Crippen LogP contribution in [0.4, 0.5) is 0 Å². The van der Waals surface area contributed by atoms with Gasteiger partial charge in [0.15, 0.2) is 9.84 Å². The first-order chi connectivity index (χ1) is 17.0.